The monoisotopic (exact) mass is 414 g/mol. The Morgan fingerprint density at radius 2 is 1.71 bits per heavy atom. The zero-order valence-corrected chi connectivity index (χ0v) is 17.8. The van der Waals surface area contributed by atoms with Gasteiger partial charge in [0.1, 0.15) is 17.2 Å². The number of ether oxygens (including phenoxy) is 3. The molecule has 5 heteroatoms. The quantitative estimate of drug-likeness (QED) is 0.517. The van der Waals surface area contributed by atoms with Crippen LogP contribution in [0, 0.1) is 0 Å². The lowest BCUT2D eigenvalue weighted by Gasteiger charge is -2.38. The second-order valence-electron chi connectivity index (χ2n) is 7.80. The van der Waals surface area contributed by atoms with Gasteiger partial charge < -0.3 is 14.2 Å². The summed E-state index contributed by atoms with van der Waals surface area (Å²) in [5.41, 5.74) is 4.40. The molecule has 2 aliphatic heterocycles. The third kappa shape index (κ3) is 3.72. The summed E-state index contributed by atoms with van der Waals surface area (Å²) in [7, 11) is 1.68. The van der Waals surface area contributed by atoms with E-state index in [0.717, 1.165) is 53.5 Å². The first-order valence-corrected chi connectivity index (χ1v) is 10.8. The molecule has 0 bridgehead atoms. The van der Waals surface area contributed by atoms with Crippen molar-refractivity contribution in [1.29, 1.82) is 0 Å². The van der Waals surface area contributed by atoms with Gasteiger partial charge in [0.2, 0.25) is 6.23 Å². The summed E-state index contributed by atoms with van der Waals surface area (Å²) in [6.07, 6.45) is 1.54. The molecule has 0 amide bonds. The summed E-state index contributed by atoms with van der Waals surface area (Å²) >= 11 is 0. The van der Waals surface area contributed by atoms with Gasteiger partial charge >= 0.3 is 0 Å². The maximum atomic E-state index is 6.43. The molecule has 0 spiro atoms. The number of hydrogen-bond donors (Lipinski definition) is 0. The highest BCUT2D eigenvalue weighted by Gasteiger charge is 2.40. The molecule has 0 saturated carbocycles. The summed E-state index contributed by atoms with van der Waals surface area (Å²) in [6.45, 7) is 2.82. The minimum absolute atomic E-state index is 0.142. The van der Waals surface area contributed by atoms with Crippen LogP contribution in [0.25, 0.3) is 0 Å². The molecule has 2 atom stereocenters. The van der Waals surface area contributed by atoms with E-state index in [2.05, 4.69) is 48.3 Å². The van der Waals surface area contributed by atoms with E-state index in [1.54, 1.807) is 7.11 Å². The highest BCUT2D eigenvalue weighted by atomic mass is 16.5. The second-order valence-corrected chi connectivity index (χ2v) is 7.80. The highest BCUT2D eigenvalue weighted by Crippen LogP contribution is 2.47. The Morgan fingerprint density at radius 1 is 0.968 bits per heavy atom. The van der Waals surface area contributed by atoms with Crippen molar-refractivity contribution in [3.05, 3.63) is 89.5 Å². The smallest absolute Gasteiger partial charge is 0.213 e. The van der Waals surface area contributed by atoms with E-state index in [1.807, 2.05) is 36.4 Å². The average Bonchev–Trinajstić information content (AvgIpc) is 3.28. The number of fused-ring (bicyclic) bond motifs is 3. The van der Waals surface area contributed by atoms with E-state index in [9.17, 15) is 0 Å². The summed E-state index contributed by atoms with van der Waals surface area (Å²) < 4.78 is 17.5. The topological polar surface area (TPSA) is 43.3 Å². The average molecular weight is 415 g/mol. The molecule has 3 aromatic rings. The number of nitrogens with zero attached hydrogens (tertiary/aromatic N) is 2. The van der Waals surface area contributed by atoms with Crippen molar-refractivity contribution in [2.75, 3.05) is 13.7 Å². The minimum Gasteiger partial charge on any atom is -0.497 e. The Balaban J connectivity index is 1.48. The molecule has 0 N–H and O–H groups in total. The number of benzene rings is 3. The number of para-hydroxylation sites is 1. The van der Waals surface area contributed by atoms with Gasteiger partial charge in [-0.2, -0.15) is 5.10 Å². The Labute approximate surface area is 182 Å². The van der Waals surface area contributed by atoms with E-state index in [1.165, 1.54) is 5.56 Å². The van der Waals surface area contributed by atoms with Gasteiger partial charge in [0, 0.05) is 17.5 Å². The van der Waals surface area contributed by atoms with Gasteiger partial charge in [0.15, 0.2) is 0 Å². The zero-order chi connectivity index (χ0) is 21.2. The molecule has 0 aliphatic carbocycles. The first-order valence-electron chi connectivity index (χ1n) is 10.8. The van der Waals surface area contributed by atoms with Crippen LogP contribution in [0.3, 0.4) is 0 Å². The van der Waals surface area contributed by atoms with Crippen LogP contribution in [-0.4, -0.2) is 24.4 Å². The van der Waals surface area contributed by atoms with E-state index in [0.29, 0.717) is 0 Å². The Bertz CT molecular complexity index is 1080. The highest BCUT2D eigenvalue weighted by molar-refractivity contribution is 6.02. The lowest BCUT2D eigenvalue weighted by atomic mass is 9.96. The van der Waals surface area contributed by atoms with Crippen LogP contribution < -0.4 is 14.2 Å². The molecule has 0 aromatic heterocycles. The van der Waals surface area contributed by atoms with Crippen LogP contribution in [0.1, 0.15) is 48.7 Å². The van der Waals surface area contributed by atoms with Crippen molar-refractivity contribution < 1.29 is 14.2 Å². The predicted octanol–water partition coefficient (Wildman–Crippen LogP) is 5.73. The molecule has 158 valence electrons. The molecular formula is C26H26N2O3. The molecule has 0 radical (unpaired) electrons. The maximum absolute atomic E-state index is 6.43. The number of hydrogen-bond acceptors (Lipinski definition) is 5. The van der Waals surface area contributed by atoms with Crippen molar-refractivity contribution in [2.24, 2.45) is 5.10 Å². The molecule has 3 aromatic carbocycles. The number of methoxy groups -OCH3 is 1. The molecule has 2 heterocycles. The maximum Gasteiger partial charge on any atom is 0.213 e. The van der Waals surface area contributed by atoms with Crippen molar-refractivity contribution in [1.82, 2.24) is 5.01 Å². The summed E-state index contributed by atoms with van der Waals surface area (Å²) in [5.74, 6) is 2.64. The van der Waals surface area contributed by atoms with Gasteiger partial charge in [-0.3, -0.25) is 0 Å². The first kappa shape index (κ1) is 19.5. The summed E-state index contributed by atoms with van der Waals surface area (Å²) in [4.78, 5) is 0. The third-order valence-corrected chi connectivity index (χ3v) is 5.76. The molecule has 0 saturated heterocycles. The normalized spacial score (nSPS) is 19.2. The molecule has 5 rings (SSSR count). The number of rotatable bonds is 6. The van der Waals surface area contributed by atoms with Crippen molar-refractivity contribution >= 4 is 5.71 Å². The lowest BCUT2D eigenvalue weighted by Crippen LogP contribution is -2.33. The van der Waals surface area contributed by atoms with Crippen LogP contribution in [0.4, 0.5) is 0 Å². The van der Waals surface area contributed by atoms with Gasteiger partial charge in [-0.15, -0.1) is 0 Å². The fourth-order valence-electron chi connectivity index (χ4n) is 4.16. The van der Waals surface area contributed by atoms with Crippen LogP contribution in [0.2, 0.25) is 0 Å². The van der Waals surface area contributed by atoms with Crippen molar-refractivity contribution in [2.45, 2.75) is 32.0 Å². The van der Waals surface area contributed by atoms with Gasteiger partial charge in [-0.05, 0) is 66.6 Å². The standard InChI is InChI=1S/C26H26N2O3/c1-3-16-30-21-14-10-19(11-15-21)26-28-24(22-6-4-5-7-25(22)31-26)17-23(27-28)18-8-12-20(29-2)13-9-18/h4-15,24,26H,3,16-17H2,1-2H3/t24-,26+/m0/s1. The summed E-state index contributed by atoms with van der Waals surface area (Å²) in [6, 6.07) is 24.7. The fourth-order valence-corrected chi connectivity index (χ4v) is 4.16. The fraction of sp³-hybridized carbons (Fsp3) is 0.269. The molecule has 2 aliphatic rings. The lowest BCUT2D eigenvalue weighted by molar-refractivity contribution is -0.0190. The zero-order valence-electron chi connectivity index (χ0n) is 17.8. The molecule has 0 unspecified atom stereocenters. The Kier molecular flexibility index (Phi) is 5.24. The van der Waals surface area contributed by atoms with E-state index < -0.39 is 0 Å². The number of hydrazone groups is 1. The van der Waals surface area contributed by atoms with E-state index in [4.69, 9.17) is 19.3 Å². The Morgan fingerprint density at radius 3 is 2.45 bits per heavy atom. The minimum atomic E-state index is -0.282. The second kappa shape index (κ2) is 8.34. The SMILES string of the molecule is CCCOc1ccc([C@H]2Oc3ccccc3[C@@H]3CC(c4ccc(OC)cc4)=NN23)cc1. The largest absolute Gasteiger partial charge is 0.497 e. The van der Waals surface area contributed by atoms with E-state index >= 15 is 0 Å². The third-order valence-electron chi connectivity index (χ3n) is 5.76. The van der Waals surface area contributed by atoms with Crippen LogP contribution in [0.15, 0.2) is 77.9 Å². The molecular weight excluding hydrogens is 388 g/mol. The van der Waals surface area contributed by atoms with Gasteiger partial charge in [-0.25, -0.2) is 5.01 Å². The van der Waals surface area contributed by atoms with Crippen LogP contribution in [0.5, 0.6) is 17.2 Å². The molecule has 31 heavy (non-hydrogen) atoms. The van der Waals surface area contributed by atoms with Gasteiger partial charge in [0.05, 0.1) is 25.5 Å². The first-order chi connectivity index (χ1) is 15.3. The summed E-state index contributed by atoms with van der Waals surface area (Å²) in [5, 5.41) is 7.12. The van der Waals surface area contributed by atoms with Crippen LogP contribution in [-0.2, 0) is 0 Å². The Hall–Kier alpha value is -3.47. The van der Waals surface area contributed by atoms with E-state index in [-0.39, 0.29) is 12.3 Å². The molecule has 5 nitrogen and oxygen atoms in total. The van der Waals surface area contributed by atoms with Crippen molar-refractivity contribution in [3.8, 4) is 17.2 Å². The van der Waals surface area contributed by atoms with Crippen LogP contribution >= 0.6 is 0 Å². The predicted molar refractivity (Wildman–Crippen MR) is 121 cm³/mol. The van der Waals surface area contributed by atoms with Crippen molar-refractivity contribution in [3.63, 3.8) is 0 Å². The molecule has 0 fully saturated rings. The van der Waals surface area contributed by atoms with Gasteiger partial charge in [-0.1, -0.05) is 25.1 Å². The van der Waals surface area contributed by atoms with Gasteiger partial charge in [0.25, 0.3) is 0 Å².